The summed E-state index contributed by atoms with van der Waals surface area (Å²) in [7, 11) is 0. The highest BCUT2D eigenvalue weighted by Gasteiger charge is 2.63. The fraction of sp³-hybridized carbons (Fsp3) is 0.417. The third kappa shape index (κ3) is 3.15. The van der Waals surface area contributed by atoms with E-state index in [-0.39, 0.29) is 24.2 Å². The van der Waals surface area contributed by atoms with Gasteiger partial charge in [-0.25, -0.2) is 9.18 Å². The summed E-state index contributed by atoms with van der Waals surface area (Å²) in [5.74, 6) is -0.808. The molecule has 1 aromatic heterocycles. The molecular formula is C24H26FNO2. The number of pyridine rings is 1. The van der Waals surface area contributed by atoms with Gasteiger partial charge in [-0.15, -0.1) is 0 Å². The topological polar surface area (TPSA) is 39.2 Å². The van der Waals surface area contributed by atoms with E-state index in [9.17, 15) is 4.79 Å². The molecule has 0 radical (unpaired) electrons. The number of fused-ring (bicyclic) bond motifs is 1. The maximum Gasteiger partial charge on any atom is 0.344 e. The van der Waals surface area contributed by atoms with Crippen molar-refractivity contribution < 1.29 is 13.9 Å². The lowest BCUT2D eigenvalue weighted by Gasteiger charge is -2.43. The molecule has 0 spiro atoms. The Bertz CT molecular complexity index is 879. The summed E-state index contributed by atoms with van der Waals surface area (Å²) < 4.78 is 20.8. The predicted molar refractivity (Wildman–Crippen MR) is 108 cm³/mol. The molecule has 2 fully saturated rings. The first kappa shape index (κ1) is 18.9. The van der Waals surface area contributed by atoms with E-state index < -0.39 is 23.7 Å². The van der Waals surface area contributed by atoms with Gasteiger partial charge in [-0.3, -0.25) is 4.98 Å². The number of ether oxygens (including phenoxy) is 1. The molecule has 0 amide bonds. The molecule has 2 aliphatic rings. The van der Waals surface area contributed by atoms with Crippen molar-refractivity contribution in [2.45, 2.75) is 39.0 Å². The number of hydrogen-bond donors (Lipinski definition) is 0. The van der Waals surface area contributed by atoms with Gasteiger partial charge in [-0.1, -0.05) is 56.3 Å². The van der Waals surface area contributed by atoms with E-state index in [1.807, 2.05) is 55.6 Å². The largest absolute Gasteiger partial charge is 0.460 e. The highest BCUT2D eigenvalue weighted by Crippen LogP contribution is 2.53. The molecule has 1 saturated carbocycles. The Morgan fingerprint density at radius 1 is 1.11 bits per heavy atom. The quantitative estimate of drug-likeness (QED) is 0.677. The molecule has 4 heteroatoms. The molecule has 1 aromatic carbocycles. The van der Waals surface area contributed by atoms with E-state index in [2.05, 4.69) is 24.0 Å². The van der Waals surface area contributed by atoms with Gasteiger partial charge in [0.05, 0.1) is 5.69 Å². The lowest BCUT2D eigenvalue weighted by Crippen LogP contribution is -2.50. The highest BCUT2D eigenvalue weighted by molar-refractivity contribution is 5.83. The average Bonchev–Trinajstić information content (AvgIpc) is 2.92. The van der Waals surface area contributed by atoms with Crippen LogP contribution < -0.4 is 0 Å². The summed E-state index contributed by atoms with van der Waals surface area (Å²) in [5.41, 5.74) is 1.14. The fourth-order valence-corrected chi connectivity index (χ4v) is 4.86. The molecule has 1 saturated heterocycles. The summed E-state index contributed by atoms with van der Waals surface area (Å²) in [6.07, 6.45) is 5.67. The van der Waals surface area contributed by atoms with Crippen LogP contribution in [-0.4, -0.2) is 22.7 Å². The number of carbonyl (C=O) groups is 1. The molecule has 28 heavy (non-hydrogen) atoms. The Hall–Kier alpha value is -2.49. The lowest BCUT2D eigenvalue weighted by atomic mass is 9.61. The number of halogens is 1. The number of alkyl halides is 1. The lowest BCUT2D eigenvalue weighted by molar-refractivity contribution is -0.152. The van der Waals surface area contributed by atoms with Gasteiger partial charge in [-0.2, -0.15) is 0 Å². The van der Waals surface area contributed by atoms with Crippen LogP contribution in [0.2, 0.25) is 0 Å². The van der Waals surface area contributed by atoms with E-state index in [1.54, 1.807) is 6.92 Å². The van der Waals surface area contributed by atoms with Gasteiger partial charge in [0.15, 0.2) is 0 Å². The van der Waals surface area contributed by atoms with Crippen LogP contribution in [0.5, 0.6) is 0 Å². The molecule has 0 unspecified atom stereocenters. The average molecular weight is 379 g/mol. The van der Waals surface area contributed by atoms with Crippen LogP contribution in [0.3, 0.4) is 0 Å². The molecule has 4 rings (SSSR count). The van der Waals surface area contributed by atoms with Crippen molar-refractivity contribution in [3.8, 4) is 11.1 Å². The summed E-state index contributed by atoms with van der Waals surface area (Å²) in [6.45, 7) is 5.97. The Labute approximate surface area is 165 Å². The van der Waals surface area contributed by atoms with Crippen molar-refractivity contribution in [1.82, 2.24) is 4.98 Å². The Morgan fingerprint density at radius 3 is 2.54 bits per heavy atom. The SMILES string of the molecule is C[C@H]1[C@H](/C=C/c2ccc(-c3ccccc3)cn2)[C@@H]2[C@@H](C)OC(=O)[C@]2(F)C[C@@H]1C. The maximum absolute atomic E-state index is 15.5. The molecule has 3 nitrogen and oxygen atoms in total. The van der Waals surface area contributed by atoms with E-state index in [0.717, 1.165) is 16.8 Å². The minimum atomic E-state index is -1.87. The van der Waals surface area contributed by atoms with Crippen LogP contribution in [0.15, 0.2) is 54.7 Å². The molecule has 6 atom stereocenters. The van der Waals surface area contributed by atoms with Crippen LogP contribution in [0.25, 0.3) is 17.2 Å². The second-order valence-corrected chi connectivity index (χ2v) is 8.31. The van der Waals surface area contributed by atoms with Crippen LogP contribution in [0.1, 0.15) is 32.9 Å². The summed E-state index contributed by atoms with van der Waals surface area (Å²) in [5, 5.41) is 0. The van der Waals surface area contributed by atoms with Crippen molar-refractivity contribution in [2.24, 2.45) is 23.7 Å². The number of esters is 1. The van der Waals surface area contributed by atoms with Crippen molar-refractivity contribution in [3.05, 3.63) is 60.4 Å². The van der Waals surface area contributed by atoms with Gasteiger partial charge in [0.1, 0.15) is 6.10 Å². The maximum atomic E-state index is 15.5. The second-order valence-electron chi connectivity index (χ2n) is 8.31. The van der Waals surface area contributed by atoms with Gasteiger partial charge in [0.25, 0.3) is 0 Å². The van der Waals surface area contributed by atoms with Crippen molar-refractivity contribution in [1.29, 1.82) is 0 Å². The normalized spacial score (nSPS) is 35.0. The Balaban J connectivity index is 1.58. The van der Waals surface area contributed by atoms with E-state index in [0.29, 0.717) is 0 Å². The zero-order chi connectivity index (χ0) is 19.9. The number of carbonyl (C=O) groups excluding carboxylic acids is 1. The minimum absolute atomic E-state index is 0.0641. The number of hydrogen-bond acceptors (Lipinski definition) is 3. The smallest absolute Gasteiger partial charge is 0.344 e. The molecule has 2 aromatic rings. The summed E-state index contributed by atoms with van der Waals surface area (Å²) in [6, 6.07) is 14.1. The molecule has 1 aliphatic heterocycles. The number of benzene rings is 1. The molecule has 0 N–H and O–H groups in total. The first-order chi connectivity index (χ1) is 13.4. The summed E-state index contributed by atoms with van der Waals surface area (Å²) in [4.78, 5) is 16.7. The zero-order valence-corrected chi connectivity index (χ0v) is 16.5. The van der Waals surface area contributed by atoms with Gasteiger partial charge in [0, 0.05) is 17.7 Å². The summed E-state index contributed by atoms with van der Waals surface area (Å²) >= 11 is 0. The first-order valence-corrected chi connectivity index (χ1v) is 10.00. The molecule has 1 aliphatic carbocycles. The Morgan fingerprint density at radius 2 is 1.86 bits per heavy atom. The minimum Gasteiger partial charge on any atom is -0.460 e. The number of nitrogens with zero attached hydrogens (tertiary/aromatic N) is 1. The van der Waals surface area contributed by atoms with Crippen molar-refractivity contribution in [3.63, 3.8) is 0 Å². The van der Waals surface area contributed by atoms with Crippen LogP contribution >= 0.6 is 0 Å². The number of rotatable bonds is 3. The highest BCUT2D eigenvalue weighted by atomic mass is 19.1. The van der Waals surface area contributed by atoms with Crippen LogP contribution in [-0.2, 0) is 9.53 Å². The van der Waals surface area contributed by atoms with Gasteiger partial charge in [0.2, 0.25) is 5.67 Å². The molecule has 0 bridgehead atoms. The van der Waals surface area contributed by atoms with Gasteiger partial charge in [-0.05, 0) is 48.8 Å². The van der Waals surface area contributed by atoms with Gasteiger partial charge < -0.3 is 4.74 Å². The number of aromatic nitrogens is 1. The molecular weight excluding hydrogens is 353 g/mol. The predicted octanol–water partition coefficient (Wildman–Crippen LogP) is 5.32. The molecule has 2 heterocycles. The Kier molecular flexibility index (Phi) is 4.82. The third-order valence-electron chi connectivity index (χ3n) is 6.59. The zero-order valence-electron chi connectivity index (χ0n) is 16.5. The van der Waals surface area contributed by atoms with Crippen molar-refractivity contribution in [2.75, 3.05) is 0 Å². The standard InChI is InChI=1S/C24H26FNO2/c1-15-13-24(25)22(17(3)28-23(24)27)21(16(15)2)12-11-20-10-9-19(14-26-20)18-7-5-4-6-8-18/h4-12,14-17,21-22H,13H2,1-3H3/b12-11+/t15-,16+,17+,21-,22-,24-/m0/s1. The van der Waals surface area contributed by atoms with E-state index in [1.165, 1.54) is 0 Å². The fourth-order valence-electron chi connectivity index (χ4n) is 4.86. The van der Waals surface area contributed by atoms with E-state index >= 15 is 4.39 Å². The van der Waals surface area contributed by atoms with Crippen molar-refractivity contribution >= 4 is 12.0 Å². The van der Waals surface area contributed by atoms with Gasteiger partial charge >= 0.3 is 5.97 Å². The van der Waals surface area contributed by atoms with Crippen LogP contribution in [0.4, 0.5) is 4.39 Å². The monoisotopic (exact) mass is 379 g/mol. The second kappa shape index (κ2) is 7.16. The van der Waals surface area contributed by atoms with E-state index in [4.69, 9.17) is 4.74 Å². The number of allylic oxidation sites excluding steroid dienone is 1. The first-order valence-electron chi connectivity index (χ1n) is 10.00. The third-order valence-corrected chi connectivity index (χ3v) is 6.59. The molecule has 146 valence electrons. The van der Waals surface area contributed by atoms with Crippen LogP contribution in [0, 0.1) is 23.7 Å². The number of cyclic esters (lactones) is 1.